The summed E-state index contributed by atoms with van der Waals surface area (Å²) in [6.45, 7) is 8.00. The molecular formula is C34H31N2O8P. The number of fused-ring (bicyclic) bond motifs is 3. The Morgan fingerprint density at radius 1 is 0.578 bits per heavy atom. The highest BCUT2D eigenvalue weighted by Crippen LogP contribution is 2.55. The molecule has 0 fully saturated rings. The van der Waals surface area contributed by atoms with Crippen LogP contribution >= 0.6 is 7.37 Å². The molecule has 0 aromatic heterocycles. The molecular weight excluding hydrogens is 595 g/mol. The molecule has 0 amide bonds. The van der Waals surface area contributed by atoms with Crippen LogP contribution in [0.1, 0.15) is 27.7 Å². The maximum atomic E-state index is 15.0. The van der Waals surface area contributed by atoms with Gasteiger partial charge < -0.3 is 14.0 Å². The third-order valence-electron chi connectivity index (χ3n) is 6.43. The monoisotopic (exact) mass is 626 g/mol. The molecule has 0 aliphatic carbocycles. The summed E-state index contributed by atoms with van der Waals surface area (Å²) in [6.07, 6.45) is 0. The van der Waals surface area contributed by atoms with Crippen LogP contribution in [0.5, 0.6) is 28.7 Å². The van der Waals surface area contributed by atoms with Crippen molar-refractivity contribution in [1.29, 1.82) is 0 Å². The second kappa shape index (κ2) is 14.3. The first kappa shape index (κ1) is 32.4. The van der Waals surface area contributed by atoms with Crippen LogP contribution in [0.15, 0.2) is 115 Å². The van der Waals surface area contributed by atoms with Crippen molar-refractivity contribution < 1.29 is 28.4 Å². The molecule has 230 valence electrons. The van der Waals surface area contributed by atoms with E-state index in [2.05, 4.69) is 0 Å². The number of hydrogen-bond donors (Lipinski definition) is 0. The minimum Gasteiger partial charge on any atom is -0.457 e. The van der Waals surface area contributed by atoms with E-state index in [0.717, 1.165) is 11.1 Å². The lowest BCUT2D eigenvalue weighted by atomic mass is 10.0. The normalized spacial score (nSPS) is 14.0. The number of ether oxygens (including phenoxy) is 2. The molecule has 1 heterocycles. The van der Waals surface area contributed by atoms with Crippen LogP contribution in [-0.2, 0) is 4.57 Å². The molecule has 0 radical (unpaired) electrons. The van der Waals surface area contributed by atoms with E-state index in [0.29, 0.717) is 22.6 Å². The van der Waals surface area contributed by atoms with Gasteiger partial charge in [-0.25, -0.2) is 0 Å². The Balaban J connectivity index is 0.00000111. The summed E-state index contributed by atoms with van der Waals surface area (Å²) in [6, 6.07) is 30.3. The zero-order chi connectivity index (χ0) is 32.6. The van der Waals surface area contributed by atoms with Gasteiger partial charge in [0.2, 0.25) is 0 Å². The van der Waals surface area contributed by atoms with E-state index in [-0.39, 0.29) is 28.2 Å². The molecule has 0 spiro atoms. The Bertz CT molecular complexity index is 1860. The van der Waals surface area contributed by atoms with Crippen LogP contribution in [0, 0.1) is 20.2 Å². The lowest BCUT2D eigenvalue weighted by Crippen LogP contribution is -2.26. The third kappa shape index (κ3) is 6.87. The van der Waals surface area contributed by atoms with Gasteiger partial charge in [-0.2, -0.15) is 0 Å². The summed E-state index contributed by atoms with van der Waals surface area (Å²) in [5, 5.41) is 22.8. The maximum absolute atomic E-state index is 15.0. The van der Waals surface area contributed by atoms with E-state index in [1.54, 1.807) is 42.5 Å². The van der Waals surface area contributed by atoms with Gasteiger partial charge in [0, 0.05) is 29.8 Å². The van der Waals surface area contributed by atoms with Gasteiger partial charge >= 0.3 is 7.37 Å². The van der Waals surface area contributed by atoms with Crippen LogP contribution < -0.4 is 24.6 Å². The van der Waals surface area contributed by atoms with E-state index in [9.17, 15) is 24.8 Å². The SMILES string of the molecule is CC.CC.O=[N+]([O-])c1ccc(Oc2ccc(Oc3ccc([N+](=O)[O-])cc3)c(P3(=O)Oc4ccccc4-c4ccccc43)c2)cc1. The number of benzene rings is 5. The second-order valence-electron chi connectivity index (χ2n) is 8.99. The van der Waals surface area contributed by atoms with Gasteiger partial charge in [-0.05, 0) is 60.2 Å². The summed E-state index contributed by atoms with van der Waals surface area (Å²) in [5.41, 5.74) is 1.37. The molecule has 5 aromatic rings. The van der Waals surface area contributed by atoms with Crippen LogP contribution in [0.3, 0.4) is 0 Å². The zero-order valence-corrected chi connectivity index (χ0v) is 26.0. The van der Waals surface area contributed by atoms with Crippen LogP contribution in [0.25, 0.3) is 11.1 Å². The molecule has 0 N–H and O–H groups in total. The van der Waals surface area contributed by atoms with Gasteiger partial charge in [-0.15, -0.1) is 0 Å². The summed E-state index contributed by atoms with van der Waals surface area (Å²) in [5.74, 6) is 1.56. The first-order chi connectivity index (χ1) is 21.8. The van der Waals surface area contributed by atoms with Gasteiger partial charge in [0.05, 0.1) is 20.5 Å². The summed E-state index contributed by atoms with van der Waals surface area (Å²) in [7, 11) is -3.84. The van der Waals surface area contributed by atoms with E-state index >= 15 is 0 Å². The summed E-state index contributed by atoms with van der Waals surface area (Å²) in [4.78, 5) is 21.1. The molecule has 1 aliphatic rings. The highest BCUT2D eigenvalue weighted by molar-refractivity contribution is 7.75. The number of hydrogen-bond acceptors (Lipinski definition) is 8. The van der Waals surface area contributed by atoms with Crippen molar-refractivity contribution in [2.75, 3.05) is 0 Å². The van der Waals surface area contributed by atoms with E-state index in [1.807, 2.05) is 52.0 Å². The summed E-state index contributed by atoms with van der Waals surface area (Å²) >= 11 is 0. The van der Waals surface area contributed by atoms with Crippen molar-refractivity contribution in [3.63, 3.8) is 0 Å². The quantitative estimate of drug-likeness (QED) is 0.0992. The van der Waals surface area contributed by atoms with Gasteiger partial charge in [0.25, 0.3) is 11.4 Å². The predicted octanol–water partition coefficient (Wildman–Crippen LogP) is 9.43. The molecule has 6 rings (SSSR count). The fraction of sp³-hybridized carbons (Fsp3) is 0.118. The largest absolute Gasteiger partial charge is 0.457 e. The van der Waals surface area contributed by atoms with Crippen molar-refractivity contribution in [2.24, 2.45) is 0 Å². The maximum Gasteiger partial charge on any atom is 0.311 e. The van der Waals surface area contributed by atoms with E-state index < -0.39 is 17.2 Å². The van der Waals surface area contributed by atoms with Crippen molar-refractivity contribution >= 4 is 29.4 Å². The lowest BCUT2D eigenvalue weighted by Gasteiger charge is -2.30. The molecule has 1 atom stereocenters. The van der Waals surface area contributed by atoms with Crippen molar-refractivity contribution in [3.05, 3.63) is 135 Å². The lowest BCUT2D eigenvalue weighted by molar-refractivity contribution is -0.385. The van der Waals surface area contributed by atoms with Crippen molar-refractivity contribution in [2.45, 2.75) is 27.7 Å². The minimum atomic E-state index is -3.84. The van der Waals surface area contributed by atoms with E-state index in [1.165, 1.54) is 48.5 Å². The average molecular weight is 627 g/mol. The van der Waals surface area contributed by atoms with Gasteiger partial charge in [-0.3, -0.25) is 24.8 Å². The van der Waals surface area contributed by atoms with Crippen molar-refractivity contribution in [3.8, 4) is 39.9 Å². The second-order valence-corrected chi connectivity index (χ2v) is 11.2. The Morgan fingerprint density at radius 2 is 1.07 bits per heavy atom. The predicted molar refractivity (Wildman–Crippen MR) is 175 cm³/mol. The Kier molecular flexibility index (Phi) is 10.3. The number of para-hydroxylation sites is 1. The topological polar surface area (TPSA) is 131 Å². The van der Waals surface area contributed by atoms with Crippen molar-refractivity contribution in [1.82, 2.24) is 0 Å². The standard InChI is InChI=1S/C30H19N2O8P.2C2H6/c33-31(34)20-9-13-22(14-10-20)38-24-17-18-28(39-23-15-11-21(12-16-23)32(35)36)30(19-24)41(37)29-8-4-2-6-26(29)25-5-1-3-7-27(25)40-41;2*1-2/h1-19H;2*1-2H3. The summed E-state index contributed by atoms with van der Waals surface area (Å²) < 4.78 is 33.3. The first-order valence-electron chi connectivity index (χ1n) is 14.3. The minimum absolute atomic E-state index is 0.0831. The van der Waals surface area contributed by atoms with E-state index in [4.69, 9.17) is 14.0 Å². The zero-order valence-electron chi connectivity index (χ0n) is 25.1. The molecule has 10 nitrogen and oxygen atoms in total. The fourth-order valence-electron chi connectivity index (χ4n) is 4.51. The number of nitrogens with zero attached hydrogens (tertiary/aromatic N) is 2. The smallest absolute Gasteiger partial charge is 0.311 e. The third-order valence-corrected chi connectivity index (χ3v) is 8.89. The molecule has 5 aromatic carbocycles. The molecule has 0 saturated carbocycles. The Labute approximate surface area is 260 Å². The number of rotatable bonds is 7. The van der Waals surface area contributed by atoms with Crippen LogP contribution in [0.4, 0.5) is 11.4 Å². The highest BCUT2D eigenvalue weighted by atomic mass is 31.2. The molecule has 0 bridgehead atoms. The van der Waals surface area contributed by atoms with Gasteiger partial charge in [0.15, 0.2) is 0 Å². The highest BCUT2D eigenvalue weighted by Gasteiger charge is 2.40. The molecule has 0 saturated heterocycles. The first-order valence-corrected chi connectivity index (χ1v) is 15.9. The van der Waals surface area contributed by atoms with Crippen LogP contribution in [0.2, 0.25) is 0 Å². The Hall–Kier alpha value is -5.47. The van der Waals surface area contributed by atoms with Gasteiger partial charge in [-0.1, -0.05) is 64.1 Å². The number of nitro groups is 2. The molecule has 45 heavy (non-hydrogen) atoms. The molecule has 11 heteroatoms. The fourth-order valence-corrected chi connectivity index (χ4v) is 6.90. The van der Waals surface area contributed by atoms with Gasteiger partial charge in [0.1, 0.15) is 28.7 Å². The Morgan fingerprint density at radius 3 is 1.64 bits per heavy atom. The number of non-ortho nitro benzene ring substituents is 2. The molecule has 1 aliphatic heterocycles. The molecule has 1 unspecified atom stereocenters. The average Bonchev–Trinajstić information content (AvgIpc) is 3.08. The van der Waals surface area contributed by atoms with Crippen LogP contribution in [-0.4, -0.2) is 9.85 Å². The number of nitro benzene ring substituents is 2.